The van der Waals surface area contributed by atoms with Crippen LogP contribution in [0.1, 0.15) is 16.7 Å². The number of nitrogens with zero attached hydrogens (tertiary/aromatic N) is 2. The third-order valence-corrected chi connectivity index (χ3v) is 6.55. The van der Waals surface area contributed by atoms with E-state index in [1.54, 1.807) is 60.7 Å². The average Bonchev–Trinajstić information content (AvgIpc) is 3.07. The van der Waals surface area contributed by atoms with E-state index in [4.69, 9.17) is 16.3 Å². The van der Waals surface area contributed by atoms with Crippen molar-refractivity contribution in [3.05, 3.63) is 108 Å². The van der Waals surface area contributed by atoms with E-state index in [1.165, 1.54) is 17.0 Å². The van der Waals surface area contributed by atoms with Gasteiger partial charge in [-0.3, -0.25) is 24.6 Å². The van der Waals surface area contributed by atoms with E-state index >= 15 is 0 Å². The molecule has 0 aromatic heterocycles. The molecule has 0 radical (unpaired) electrons. The van der Waals surface area contributed by atoms with E-state index in [9.17, 15) is 19.7 Å². The lowest BCUT2D eigenvalue weighted by molar-refractivity contribution is -0.384. The van der Waals surface area contributed by atoms with Gasteiger partial charge in [0.25, 0.3) is 16.8 Å². The molecule has 0 unspecified atom stereocenters. The van der Waals surface area contributed by atoms with Crippen molar-refractivity contribution in [1.29, 1.82) is 0 Å². The van der Waals surface area contributed by atoms with Gasteiger partial charge in [-0.05, 0) is 59.3 Å². The zero-order valence-electron chi connectivity index (χ0n) is 17.4. The molecule has 0 atom stereocenters. The first-order valence-corrected chi connectivity index (χ1v) is 11.9. The van der Waals surface area contributed by atoms with Crippen LogP contribution in [0, 0.1) is 10.1 Å². The van der Waals surface area contributed by atoms with Crippen molar-refractivity contribution in [2.75, 3.05) is 0 Å². The fourth-order valence-corrected chi connectivity index (χ4v) is 4.57. The van der Waals surface area contributed by atoms with Crippen LogP contribution in [-0.4, -0.2) is 21.0 Å². The molecule has 1 fully saturated rings. The molecule has 34 heavy (non-hydrogen) atoms. The van der Waals surface area contributed by atoms with E-state index in [1.807, 2.05) is 0 Å². The number of non-ortho nitro benzene ring substituents is 1. The summed E-state index contributed by atoms with van der Waals surface area (Å²) in [5.74, 6) is 0.0776. The summed E-state index contributed by atoms with van der Waals surface area (Å²) in [6, 6.07) is 18.4. The summed E-state index contributed by atoms with van der Waals surface area (Å²) in [6.07, 6.45) is 1.61. The summed E-state index contributed by atoms with van der Waals surface area (Å²) < 4.78 is 6.66. The third kappa shape index (κ3) is 5.67. The number of hydrogen-bond donors (Lipinski definition) is 0. The number of nitro groups is 1. The third-order valence-electron chi connectivity index (χ3n) is 4.90. The van der Waals surface area contributed by atoms with Gasteiger partial charge in [0, 0.05) is 27.2 Å². The van der Waals surface area contributed by atoms with Crippen LogP contribution >= 0.6 is 39.3 Å². The van der Waals surface area contributed by atoms with E-state index in [0.29, 0.717) is 21.9 Å². The Morgan fingerprint density at radius 2 is 1.82 bits per heavy atom. The number of ether oxygens (including phenoxy) is 1. The topological polar surface area (TPSA) is 89.7 Å². The smallest absolute Gasteiger partial charge is 0.293 e. The summed E-state index contributed by atoms with van der Waals surface area (Å²) in [6.45, 7) is 0.246. The lowest BCUT2D eigenvalue weighted by atomic mass is 10.1. The monoisotopic (exact) mass is 558 g/mol. The number of thioether (sulfide) groups is 1. The number of nitro benzene ring substituents is 1. The van der Waals surface area contributed by atoms with Crippen molar-refractivity contribution in [3.63, 3.8) is 0 Å². The predicted octanol–water partition coefficient (Wildman–Crippen LogP) is 6.83. The van der Waals surface area contributed by atoms with Crippen molar-refractivity contribution in [2.45, 2.75) is 13.2 Å². The Hall–Kier alpha value is -3.14. The molecule has 1 aliphatic heterocycles. The molecular formula is C24H16BrClN2O5S. The van der Waals surface area contributed by atoms with Gasteiger partial charge in [0.2, 0.25) is 0 Å². The van der Waals surface area contributed by atoms with Gasteiger partial charge in [-0.15, -0.1) is 0 Å². The number of carbonyl (C=O) groups is 2. The summed E-state index contributed by atoms with van der Waals surface area (Å²) in [5, 5.41) is 11.2. The quantitative estimate of drug-likeness (QED) is 0.179. The Morgan fingerprint density at radius 1 is 1.06 bits per heavy atom. The highest BCUT2D eigenvalue weighted by Gasteiger charge is 2.35. The zero-order chi connectivity index (χ0) is 24.2. The van der Waals surface area contributed by atoms with Gasteiger partial charge in [0.05, 0.1) is 16.4 Å². The Labute approximate surface area is 212 Å². The Morgan fingerprint density at radius 3 is 2.56 bits per heavy atom. The first-order chi connectivity index (χ1) is 16.3. The number of hydrogen-bond acceptors (Lipinski definition) is 6. The van der Waals surface area contributed by atoms with Gasteiger partial charge in [-0.25, -0.2) is 0 Å². The van der Waals surface area contributed by atoms with Crippen molar-refractivity contribution >= 4 is 62.2 Å². The highest BCUT2D eigenvalue weighted by atomic mass is 79.9. The van der Waals surface area contributed by atoms with Gasteiger partial charge in [0.1, 0.15) is 12.4 Å². The fourth-order valence-electron chi connectivity index (χ4n) is 3.23. The second-order valence-electron chi connectivity index (χ2n) is 7.29. The maximum Gasteiger partial charge on any atom is 0.293 e. The average molecular weight is 560 g/mol. The van der Waals surface area contributed by atoms with Crippen molar-refractivity contribution < 1.29 is 19.2 Å². The van der Waals surface area contributed by atoms with Crippen LogP contribution in [-0.2, 0) is 17.9 Å². The number of amides is 2. The molecule has 4 rings (SSSR count). The summed E-state index contributed by atoms with van der Waals surface area (Å²) >= 11 is 10.2. The van der Waals surface area contributed by atoms with Gasteiger partial charge in [0.15, 0.2) is 0 Å². The fraction of sp³-hybridized carbons (Fsp3) is 0.0833. The number of halogens is 2. The highest BCUT2D eigenvalue weighted by molar-refractivity contribution is 9.10. The normalized spacial score (nSPS) is 14.6. The lowest BCUT2D eigenvalue weighted by Gasteiger charge is -2.12. The first kappa shape index (κ1) is 24.0. The molecule has 3 aromatic rings. The van der Waals surface area contributed by atoms with Crippen LogP contribution < -0.4 is 4.74 Å². The zero-order valence-corrected chi connectivity index (χ0v) is 20.6. The van der Waals surface area contributed by atoms with Crippen molar-refractivity contribution in [1.82, 2.24) is 4.90 Å². The second kappa shape index (κ2) is 10.4. The van der Waals surface area contributed by atoms with Gasteiger partial charge < -0.3 is 4.74 Å². The van der Waals surface area contributed by atoms with Gasteiger partial charge in [-0.2, -0.15) is 0 Å². The maximum atomic E-state index is 12.9. The molecule has 0 N–H and O–H groups in total. The molecule has 0 saturated carbocycles. The van der Waals surface area contributed by atoms with Gasteiger partial charge in [-0.1, -0.05) is 51.8 Å². The molecule has 0 aliphatic carbocycles. The Bertz CT molecular complexity index is 1310. The van der Waals surface area contributed by atoms with E-state index < -0.39 is 10.8 Å². The van der Waals surface area contributed by atoms with E-state index in [-0.39, 0.29) is 29.0 Å². The Balaban J connectivity index is 1.54. The number of benzene rings is 3. The lowest BCUT2D eigenvalue weighted by Crippen LogP contribution is -2.27. The summed E-state index contributed by atoms with van der Waals surface area (Å²) in [4.78, 5) is 37.5. The van der Waals surface area contributed by atoms with Crippen molar-refractivity contribution in [2.24, 2.45) is 0 Å². The maximum absolute atomic E-state index is 12.9. The molecule has 3 aromatic carbocycles. The van der Waals surface area contributed by atoms with Crippen molar-refractivity contribution in [3.8, 4) is 5.75 Å². The minimum absolute atomic E-state index is 0.0218. The Kier molecular flexibility index (Phi) is 7.35. The number of imide groups is 1. The number of rotatable bonds is 7. The first-order valence-electron chi connectivity index (χ1n) is 9.95. The van der Waals surface area contributed by atoms with Gasteiger partial charge >= 0.3 is 0 Å². The minimum Gasteiger partial charge on any atom is -0.488 e. The van der Waals surface area contributed by atoms with Crippen LogP contribution in [0.15, 0.2) is 76.1 Å². The molecule has 2 amide bonds. The predicted molar refractivity (Wildman–Crippen MR) is 135 cm³/mol. The molecule has 0 spiro atoms. The van der Waals surface area contributed by atoms with Crippen LogP contribution in [0.4, 0.5) is 10.5 Å². The molecule has 7 nitrogen and oxygen atoms in total. The largest absolute Gasteiger partial charge is 0.488 e. The van der Waals surface area contributed by atoms with E-state index in [0.717, 1.165) is 21.8 Å². The molecular weight excluding hydrogens is 544 g/mol. The minimum atomic E-state index is -0.464. The molecule has 1 heterocycles. The van der Waals surface area contributed by atoms with Crippen LogP contribution in [0.25, 0.3) is 6.08 Å². The summed E-state index contributed by atoms with van der Waals surface area (Å²) in [7, 11) is 0. The molecule has 0 bridgehead atoms. The second-order valence-corrected chi connectivity index (χ2v) is 9.64. The standard InChI is InChI=1S/C24H16BrClN2O5S/c25-18-6-9-21(33-14-16-2-1-3-20(10-16)28(31)32)17(11-18)12-22-23(29)27(24(30)34-22)13-15-4-7-19(26)8-5-15/h1-12H,13-14H2/b22-12-. The molecule has 10 heteroatoms. The highest BCUT2D eigenvalue weighted by Crippen LogP contribution is 2.36. The summed E-state index contributed by atoms with van der Waals surface area (Å²) in [5.41, 5.74) is 1.99. The van der Waals surface area contributed by atoms with Crippen LogP contribution in [0.5, 0.6) is 5.75 Å². The van der Waals surface area contributed by atoms with E-state index in [2.05, 4.69) is 15.9 Å². The SMILES string of the molecule is O=C1S/C(=C\c2cc(Br)ccc2OCc2cccc([N+](=O)[O-])c2)C(=O)N1Cc1ccc(Cl)cc1. The van der Waals surface area contributed by atoms with Crippen LogP contribution in [0.3, 0.4) is 0 Å². The molecule has 172 valence electrons. The van der Waals surface area contributed by atoms with Crippen LogP contribution in [0.2, 0.25) is 5.02 Å². The molecule has 1 saturated heterocycles. The number of carbonyl (C=O) groups excluding carboxylic acids is 2. The molecule has 1 aliphatic rings.